The summed E-state index contributed by atoms with van der Waals surface area (Å²) in [6, 6.07) is 65.7. The molecule has 0 atom stereocenters. The molecule has 0 bridgehead atoms. The molecule has 0 N–H and O–H groups in total. The van der Waals surface area contributed by atoms with E-state index in [9.17, 15) is 0 Å². The van der Waals surface area contributed by atoms with Crippen molar-refractivity contribution in [1.29, 1.82) is 0 Å². The van der Waals surface area contributed by atoms with E-state index in [2.05, 4.69) is 189 Å². The molecule has 0 saturated carbocycles. The smallest absolute Gasteiger partial charge is 0.182 e. The van der Waals surface area contributed by atoms with Gasteiger partial charge >= 0.3 is 0 Å². The number of rotatable bonds is 3. The van der Waals surface area contributed by atoms with E-state index in [1.54, 1.807) is 0 Å². The Morgan fingerprint density at radius 2 is 1.03 bits per heavy atom. The summed E-state index contributed by atoms with van der Waals surface area (Å²) in [5.74, 6) is 0. The van der Waals surface area contributed by atoms with Crippen LogP contribution in [0.1, 0.15) is 0 Å². The monoisotopic (exact) mass is 770 g/mol. The standard InChI is InChI=1S/C53H30N4OS/c1-2-13-33(14-3-1)55-41-20-8-4-15-34(41)38-29-31(25-27-43(38)55)32-26-28-44-39(30-32)35-16-5-9-21-42(35)56(44)46-23-12-18-37-49-52(59-51(37)46)48-36-17-6-11-24-47(36)58-50(48)53-54-40-19-7-10-22-45(40)57(49)53/h1-30H. The summed E-state index contributed by atoms with van der Waals surface area (Å²) in [4.78, 5) is 5.18. The highest BCUT2D eigenvalue weighted by atomic mass is 32.1. The normalized spacial score (nSPS) is 12.4. The topological polar surface area (TPSA) is 40.3 Å². The molecular formula is C53H30N4OS. The molecule has 6 heterocycles. The summed E-state index contributed by atoms with van der Waals surface area (Å²) in [6.07, 6.45) is 0. The molecule has 0 radical (unpaired) electrons. The van der Waals surface area contributed by atoms with Crippen LogP contribution in [0.25, 0.3) is 125 Å². The third kappa shape index (κ3) is 4.15. The van der Waals surface area contributed by atoms with Crippen LogP contribution >= 0.6 is 11.3 Å². The zero-order valence-corrected chi connectivity index (χ0v) is 32.2. The van der Waals surface area contributed by atoms with Gasteiger partial charge in [0.05, 0.1) is 59.1 Å². The predicted molar refractivity (Wildman–Crippen MR) is 247 cm³/mol. The molecule has 5 nitrogen and oxygen atoms in total. The third-order valence-corrected chi connectivity index (χ3v) is 13.6. The summed E-state index contributed by atoms with van der Waals surface area (Å²) < 4.78 is 16.2. The highest BCUT2D eigenvalue weighted by molar-refractivity contribution is 7.27. The zero-order valence-electron chi connectivity index (χ0n) is 31.4. The molecule has 0 saturated heterocycles. The maximum atomic E-state index is 6.65. The zero-order chi connectivity index (χ0) is 38.3. The first-order chi connectivity index (χ1) is 29.3. The predicted octanol–water partition coefficient (Wildman–Crippen LogP) is 14.6. The van der Waals surface area contributed by atoms with Crippen molar-refractivity contribution in [3.63, 3.8) is 0 Å². The van der Waals surface area contributed by atoms with Crippen LogP contribution in [0, 0.1) is 0 Å². The maximum absolute atomic E-state index is 6.65. The van der Waals surface area contributed by atoms with Gasteiger partial charge in [0.1, 0.15) is 5.58 Å². The van der Waals surface area contributed by atoms with Crippen LogP contribution in [-0.4, -0.2) is 18.5 Å². The molecule has 14 rings (SSSR count). The second kappa shape index (κ2) is 11.5. The van der Waals surface area contributed by atoms with Crippen LogP contribution in [0.2, 0.25) is 0 Å². The quantitative estimate of drug-likeness (QED) is 0.179. The fourth-order valence-corrected chi connectivity index (χ4v) is 11.3. The summed E-state index contributed by atoms with van der Waals surface area (Å²) in [7, 11) is 0. The largest absolute Gasteiger partial charge is 0.452 e. The number of hydrogen-bond donors (Lipinski definition) is 0. The van der Waals surface area contributed by atoms with Crippen LogP contribution < -0.4 is 0 Å². The van der Waals surface area contributed by atoms with E-state index in [4.69, 9.17) is 9.40 Å². The van der Waals surface area contributed by atoms with Crippen molar-refractivity contribution in [3.8, 4) is 22.5 Å². The van der Waals surface area contributed by atoms with Gasteiger partial charge in [-0.15, -0.1) is 11.3 Å². The van der Waals surface area contributed by atoms with E-state index in [-0.39, 0.29) is 0 Å². The van der Waals surface area contributed by atoms with Crippen LogP contribution in [0.5, 0.6) is 0 Å². The van der Waals surface area contributed by atoms with Gasteiger partial charge in [-0.1, -0.05) is 109 Å². The average Bonchev–Trinajstić information content (AvgIpc) is 4.11. The first-order valence-electron chi connectivity index (χ1n) is 20.0. The third-order valence-electron chi connectivity index (χ3n) is 12.4. The van der Waals surface area contributed by atoms with Crippen molar-refractivity contribution < 1.29 is 4.42 Å². The number of imidazole rings is 1. The fourth-order valence-electron chi connectivity index (χ4n) is 9.91. The number of pyridine rings is 1. The number of hydrogen-bond acceptors (Lipinski definition) is 3. The minimum atomic E-state index is 0.829. The Morgan fingerprint density at radius 3 is 1.80 bits per heavy atom. The molecule has 8 aromatic carbocycles. The van der Waals surface area contributed by atoms with Crippen LogP contribution in [0.3, 0.4) is 0 Å². The molecule has 0 unspecified atom stereocenters. The maximum Gasteiger partial charge on any atom is 0.182 e. The Hall–Kier alpha value is -7.67. The van der Waals surface area contributed by atoms with Crippen LogP contribution in [0.15, 0.2) is 186 Å². The molecule has 6 aromatic heterocycles. The van der Waals surface area contributed by atoms with Crippen molar-refractivity contribution in [2.24, 2.45) is 0 Å². The van der Waals surface area contributed by atoms with Gasteiger partial charge < -0.3 is 13.6 Å². The van der Waals surface area contributed by atoms with Gasteiger partial charge in [0.15, 0.2) is 11.2 Å². The number of benzene rings is 8. The number of fused-ring (bicyclic) bond motifs is 18. The van der Waals surface area contributed by atoms with Crippen molar-refractivity contribution in [2.45, 2.75) is 0 Å². The molecule has 0 spiro atoms. The lowest BCUT2D eigenvalue weighted by Crippen LogP contribution is -1.94. The molecule has 0 aliphatic heterocycles. The van der Waals surface area contributed by atoms with Gasteiger partial charge in [0.2, 0.25) is 0 Å². The Morgan fingerprint density at radius 1 is 0.441 bits per heavy atom. The second-order valence-electron chi connectivity index (χ2n) is 15.5. The van der Waals surface area contributed by atoms with Gasteiger partial charge in [0.25, 0.3) is 0 Å². The summed E-state index contributed by atoms with van der Waals surface area (Å²) >= 11 is 1.85. The summed E-state index contributed by atoms with van der Waals surface area (Å²) in [6.45, 7) is 0. The van der Waals surface area contributed by atoms with E-state index in [0.29, 0.717) is 0 Å². The van der Waals surface area contributed by atoms with Gasteiger partial charge in [0, 0.05) is 38.0 Å². The Balaban J connectivity index is 1.03. The summed E-state index contributed by atoms with van der Waals surface area (Å²) in [5.41, 5.74) is 15.3. The molecule has 6 heteroatoms. The molecule has 0 aliphatic carbocycles. The van der Waals surface area contributed by atoms with E-state index in [0.717, 1.165) is 44.3 Å². The minimum Gasteiger partial charge on any atom is -0.452 e. The lowest BCUT2D eigenvalue weighted by atomic mass is 10.0. The molecule has 59 heavy (non-hydrogen) atoms. The number of aromatic nitrogens is 4. The molecule has 0 fully saturated rings. The molecule has 0 amide bonds. The number of para-hydroxylation sites is 6. The highest BCUT2D eigenvalue weighted by Crippen LogP contribution is 2.48. The Kier molecular flexibility index (Phi) is 6.11. The number of thiophene rings is 1. The SMILES string of the molecule is c1ccc(-n2c3ccccc3c3cc(-c4ccc5c(c4)c4ccccc4n5-c4cccc5c4sc4c6c7ccccc7oc6c6nc7ccccc7n6c54)ccc32)cc1. The lowest BCUT2D eigenvalue weighted by molar-refractivity contribution is 0.670. The number of nitrogens with zero attached hydrogens (tertiary/aromatic N) is 4. The van der Waals surface area contributed by atoms with Crippen molar-refractivity contribution in [1.82, 2.24) is 18.5 Å². The summed E-state index contributed by atoms with van der Waals surface area (Å²) in [5, 5.41) is 8.41. The average molecular weight is 771 g/mol. The van der Waals surface area contributed by atoms with Gasteiger partial charge in [-0.25, -0.2) is 4.98 Å². The van der Waals surface area contributed by atoms with Gasteiger partial charge in [-0.3, -0.25) is 4.40 Å². The second-order valence-corrected chi connectivity index (χ2v) is 16.5. The fraction of sp³-hybridized carbons (Fsp3) is 0. The number of furan rings is 1. The Bertz CT molecular complexity index is 4080. The van der Waals surface area contributed by atoms with Crippen molar-refractivity contribution in [3.05, 3.63) is 182 Å². The van der Waals surface area contributed by atoms with Gasteiger partial charge in [-0.2, -0.15) is 0 Å². The first-order valence-corrected chi connectivity index (χ1v) is 20.8. The molecular weight excluding hydrogens is 741 g/mol. The molecule has 14 aromatic rings. The van der Waals surface area contributed by atoms with E-state index >= 15 is 0 Å². The lowest BCUT2D eigenvalue weighted by Gasteiger charge is -2.10. The Labute approximate surface area is 339 Å². The molecule has 0 aliphatic rings. The van der Waals surface area contributed by atoms with E-state index in [1.165, 1.54) is 80.7 Å². The van der Waals surface area contributed by atoms with E-state index < -0.39 is 0 Å². The highest BCUT2D eigenvalue weighted by Gasteiger charge is 2.25. The van der Waals surface area contributed by atoms with E-state index in [1.807, 2.05) is 17.4 Å². The van der Waals surface area contributed by atoms with Gasteiger partial charge in [-0.05, 0) is 83.9 Å². The minimum absolute atomic E-state index is 0.829. The van der Waals surface area contributed by atoms with Crippen molar-refractivity contribution >= 4 is 114 Å². The van der Waals surface area contributed by atoms with Crippen LogP contribution in [0.4, 0.5) is 0 Å². The van der Waals surface area contributed by atoms with Crippen LogP contribution in [-0.2, 0) is 0 Å². The first kappa shape index (κ1) is 31.4. The molecule has 274 valence electrons. The van der Waals surface area contributed by atoms with Crippen molar-refractivity contribution in [2.75, 3.05) is 0 Å².